The quantitative estimate of drug-likeness (QED) is 0.757. The number of hydrogen-bond acceptors (Lipinski definition) is 5. The summed E-state index contributed by atoms with van der Waals surface area (Å²) in [6.07, 6.45) is 5.87. The highest BCUT2D eigenvalue weighted by Gasteiger charge is 2.12. The Kier molecular flexibility index (Phi) is 3.78. The van der Waals surface area contributed by atoms with E-state index in [1.165, 1.54) is 18.7 Å². The Bertz CT molecular complexity index is 826. The van der Waals surface area contributed by atoms with Crippen LogP contribution in [0.3, 0.4) is 0 Å². The molecule has 22 heavy (non-hydrogen) atoms. The van der Waals surface area contributed by atoms with E-state index in [1.807, 2.05) is 0 Å². The molecule has 3 rings (SSSR count). The molecule has 0 aliphatic heterocycles. The van der Waals surface area contributed by atoms with E-state index in [0.717, 1.165) is 5.56 Å². The van der Waals surface area contributed by atoms with Crippen LogP contribution in [0.5, 0.6) is 0 Å². The second-order valence-electron chi connectivity index (χ2n) is 4.50. The topological polar surface area (TPSA) is 101 Å². The van der Waals surface area contributed by atoms with Gasteiger partial charge in [0.05, 0.1) is 12.5 Å². The van der Waals surface area contributed by atoms with Gasteiger partial charge in [-0.15, -0.1) is 0 Å². The van der Waals surface area contributed by atoms with Gasteiger partial charge in [-0.1, -0.05) is 6.07 Å². The number of rotatable bonds is 4. The Morgan fingerprint density at radius 1 is 1.27 bits per heavy atom. The Labute approximate surface area is 125 Å². The molecular weight excluding hydrogens is 284 g/mol. The first-order valence-electron chi connectivity index (χ1n) is 6.54. The largest absolute Gasteiger partial charge is 0.472 e. The van der Waals surface area contributed by atoms with Crippen LogP contribution in [-0.2, 0) is 6.54 Å². The van der Waals surface area contributed by atoms with Gasteiger partial charge in [0.25, 0.3) is 11.5 Å². The second kappa shape index (κ2) is 6.04. The molecular formula is C15H12N4O3. The molecule has 0 bridgehead atoms. The van der Waals surface area contributed by atoms with Crippen LogP contribution < -0.4 is 10.9 Å². The molecule has 7 heteroatoms. The average Bonchev–Trinajstić information content (AvgIpc) is 3.07. The summed E-state index contributed by atoms with van der Waals surface area (Å²) in [5, 5.41) is 2.63. The lowest BCUT2D eigenvalue weighted by atomic mass is 10.2. The number of hydrogen-bond donors (Lipinski definition) is 2. The third kappa shape index (κ3) is 2.93. The number of pyridine rings is 1. The predicted molar refractivity (Wildman–Crippen MR) is 78.0 cm³/mol. The van der Waals surface area contributed by atoms with Gasteiger partial charge in [0, 0.05) is 24.5 Å². The zero-order chi connectivity index (χ0) is 15.4. The van der Waals surface area contributed by atoms with Crippen LogP contribution in [0.15, 0.2) is 58.4 Å². The Hall–Kier alpha value is -3.22. The summed E-state index contributed by atoms with van der Waals surface area (Å²) in [5.74, 6) is -0.181. The van der Waals surface area contributed by atoms with Crippen LogP contribution in [0, 0.1) is 0 Å². The number of nitrogens with one attached hydrogen (secondary N) is 2. The number of nitrogens with zero attached hydrogens (tertiary/aromatic N) is 2. The minimum Gasteiger partial charge on any atom is -0.472 e. The van der Waals surface area contributed by atoms with E-state index in [9.17, 15) is 9.59 Å². The van der Waals surface area contributed by atoms with E-state index >= 15 is 0 Å². The molecule has 7 nitrogen and oxygen atoms in total. The van der Waals surface area contributed by atoms with Gasteiger partial charge in [-0.25, -0.2) is 4.98 Å². The number of H-pyrrole nitrogens is 1. The van der Waals surface area contributed by atoms with E-state index in [0.29, 0.717) is 11.5 Å². The van der Waals surface area contributed by atoms with E-state index in [1.54, 1.807) is 30.5 Å². The minimum atomic E-state index is -0.514. The van der Waals surface area contributed by atoms with E-state index in [2.05, 4.69) is 20.3 Å². The van der Waals surface area contributed by atoms with Crippen LogP contribution in [0.2, 0.25) is 0 Å². The van der Waals surface area contributed by atoms with Gasteiger partial charge in [-0.05, 0) is 18.2 Å². The summed E-state index contributed by atoms with van der Waals surface area (Å²) in [5.41, 5.74) is 0.774. The van der Waals surface area contributed by atoms with Gasteiger partial charge < -0.3 is 14.7 Å². The van der Waals surface area contributed by atoms with Crippen molar-refractivity contribution >= 4 is 5.91 Å². The molecule has 3 aromatic heterocycles. The van der Waals surface area contributed by atoms with Gasteiger partial charge >= 0.3 is 0 Å². The minimum absolute atomic E-state index is 0.0526. The van der Waals surface area contributed by atoms with Crippen molar-refractivity contribution in [3.05, 3.63) is 70.7 Å². The highest BCUT2D eigenvalue weighted by Crippen LogP contribution is 2.08. The molecule has 0 fully saturated rings. The molecule has 0 spiro atoms. The standard InChI is InChI=1S/C15H12N4O3/c20-14(18-7-10-4-6-22-9-10)11-8-17-13(19-15(11)21)12-3-1-2-5-16-12/h1-6,8-9H,7H2,(H,18,20)(H,17,19,21). The fourth-order valence-corrected chi connectivity index (χ4v) is 1.86. The first-order valence-corrected chi connectivity index (χ1v) is 6.54. The zero-order valence-corrected chi connectivity index (χ0v) is 11.4. The lowest BCUT2D eigenvalue weighted by Crippen LogP contribution is -2.29. The van der Waals surface area contributed by atoms with Gasteiger partial charge in [-0.2, -0.15) is 0 Å². The highest BCUT2D eigenvalue weighted by molar-refractivity contribution is 5.93. The smallest absolute Gasteiger partial charge is 0.264 e. The molecule has 110 valence electrons. The number of aromatic nitrogens is 3. The fraction of sp³-hybridized carbons (Fsp3) is 0.0667. The van der Waals surface area contributed by atoms with Crippen molar-refractivity contribution in [1.29, 1.82) is 0 Å². The molecule has 0 aliphatic carbocycles. The number of aromatic amines is 1. The van der Waals surface area contributed by atoms with Crippen LogP contribution >= 0.6 is 0 Å². The maximum absolute atomic E-state index is 12.0. The maximum atomic E-state index is 12.0. The predicted octanol–water partition coefficient (Wildman–Crippen LogP) is 1.35. The number of carbonyl (C=O) groups excluding carboxylic acids is 1. The third-order valence-corrected chi connectivity index (χ3v) is 2.98. The molecule has 1 amide bonds. The van der Waals surface area contributed by atoms with Crippen molar-refractivity contribution in [2.45, 2.75) is 6.54 Å². The Morgan fingerprint density at radius 3 is 2.86 bits per heavy atom. The SMILES string of the molecule is O=C(NCc1ccoc1)c1cnc(-c2ccccn2)[nH]c1=O. The van der Waals surface area contributed by atoms with Crippen molar-refractivity contribution in [1.82, 2.24) is 20.3 Å². The molecule has 2 N–H and O–H groups in total. The van der Waals surface area contributed by atoms with Gasteiger partial charge in [0.2, 0.25) is 0 Å². The number of amides is 1. The van der Waals surface area contributed by atoms with E-state index in [-0.39, 0.29) is 12.1 Å². The van der Waals surface area contributed by atoms with Crippen LogP contribution in [-0.4, -0.2) is 20.9 Å². The molecule has 3 aromatic rings. The van der Waals surface area contributed by atoms with Crippen LogP contribution in [0.25, 0.3) is 11.5 Å². The summed E-state index contributed by atoms with van der Waals surface area (Å²) in [4.78, 5) is 34.7. The summed E-state index contributed by atoms with van der Waals surface area (Å²) < 4.78 is 4.90. The number of carbonyl (C=O) groups is 1. The zero-order valence-electron chi connectivity index (χ0n) is 11.4. The number of furan rings is 1. The average molecular weight is 296 g/mol. The third-order valence-electron chi connectivity index (χ3n) is 2.98. The van der Waals surface area contributed by atoms with Gasteiger partial charge in [-0.3, -0.25) is 14.6 Å². The van der Waals surface area contributed by atoms with Crippen molar-refractivity contribution in [2.75, 3.05) is 0 Å². The molecule has 0 unspecified atom stereocenters. The van der Waals surface area contributed by atoms with Gasteiger partial charge in [0.1, 0.15) is 11.3 Å². The van der Waals surface area contributed by atoms with Crippen molar-refractivity contribution in [3.8, 4) is 11.5 Å². The summed E-state index contributed by atoms with van der Waals surface area (Å²) >= 11 is 0. The molecule has 3 heterocycles. The normalized spacial score (nSPS) is 10.4. The Balaban J connectivity index is 1.77. The molecule has 0 aliphatic rings. The molecule has 0 radical (unpaired) electrons. The van der Waals surface area contributed by atoms with E-state index in [4.69, 9.17) is 4.42 Å². The molecule has 0 aromatic carbocycles. The van der Waals surface area contributed by atoms with Crippen molar-refractivity contribution < 1.29 is 9.21 Å². The van der Waals surface area contributed by atoms with Gasteiger partial charge in [0.15, 0.2) is 5.82 Å². The monoisotopic (exact) mass is 296 g/mol. The molecule has 0 saturated heterocycles. The van der Waals surface area contributed by atoms with Crippen LogP contribution in [0.1, 0.15) is 15.9 Å². The summed E-state index contributed by atoms with van der Waals surface area (Å²) in [7, 11) is 0. The first-order chi connectivity index (χ1) is 10.7. The highest BCUT2D eigenvalue weighted by atomic mass is 16.3. The van der Waals surface area contributed by atoms with Crippen LogP contribution in [0.4, 0.5) is 0 Å². The first kappa shape index (κ1) is 13.7. The molecule has 0 atom stereocenters. The lowest BCUT2D eigenvalue weighted by Gasteiger charge is -2.04. The van der Waals surface area contributed by atoms with Crippen molar-refractivity contribution in [3.63, 3.8) is 0 Å². The Morgan fingerprint density at radius 2 is 2.18 bits per heavy atom. The fourth-order valence-electron chi connectivity index (χ4n) is 1.86. The van der Waals surface area contributed by atoms with E-state index < -0.39 is 11.5 Å². The second-order valence-corrected chi connectivity index (χ2v) is 4.50. The molecule has 0 saturated carbocycles. The summed E-state index contributed by atoms with van der Waals surface area (Å²) in [6, 6.07) is 7.00. The van der Waals surface area contributed by atoms with Crippen molar-refractivity contribution in [2.24, 2.45) is 0 Å². The summed E-state index contributed by atoms with van der Waals surface area (Å²) in [6.45, 7) is 0.275. The lowest BCUT2D eigenvalue weighted by molar-refractivity contribution is 0.0949. The maximum Gasteiger partial charge on any atom is 0.264 e.